The molecule has 0 aromatic rings. The summed E-state index contributed by atoms with van der Waals surface area (Å²) in [5.74, 6) is -0.364. The lowest BCUT2D eigenvalue weighted by molar-refractivity contribution is -0.127. The molecule has 3 saturated heterocycles. The summed E-state index contributed by atoms with van der Waals surface area (Å²) in [6.45, 7) is 6.27. The van der Waals surface area contributed by atoms with Crippen LogP contribution < -0.4 is 5.32 Å². The Bertz CT molecular complexity index is 826. The molecule has 0 radical (unpaired) electrons. The predicted octanol–water partition coefficient (Wildman–Crippen LogP) is 0.663. The lowest BCUT2D eigenvalue weighted by atomic mass is 9.79. The number of likely N-dealkylation sites (tertiary alicyclic amines) is 1. The third-order valence-electron chi connectivity index (χ3n) is 5.99. The smallest absolute Gasteiger partial charge is 0.418 e. The van der Waals surface area contributed by atoms with Crippen molar-refractivity contribution in [2.75, 3.05) is 13.1 Å². The van der Waals surface area contributed by atoms with Crippen LogP contribution in [-0.4, -0.2) is 88.2 Å². The molecule has 3 fully saturated rings. The van der Waals surface area contributed by atoms with E-state index in [0.29, 0.717) is 37.3 Å². The zero-order chi connectivity index (χ0) is 22.4. The Morgan fingerprint density at radius 2 is 1.87 bits per heavy atom. The molecule has 4 amide bonds. The number of nitrogens with one attached hydrogen (secondary N) is 1. The summed E-state index contributed by atoms with van der Waals surface area (Å²) in [5.41, 5.74) is -0.307. The summed E-state index contributed by atoms with van der Waals surface area (Å²) in [6.07, 6.45) is 0.608. The summed E-state index contributed by atoms with van der Waals surface area (Å²) >= 11 is 0. The van der Waals surface area contributed by atoms with Crippen LogP contribution in [0.5, 0.6) is 0 Å². The number of hydroxylamine groups is 2. The van der Waals surface area contributed by atoms with Gasteiger partial charge in [-0.05, 0) is 31.1 Å². The number of rotatable bonds is 4. The molecule has 13 heteroatoms. The van der Waals surface area contributed by atoms with E-state index in [9.17, 15) is 27.9 Å². The zero-order valence-electron chi connectivity index (χ0n) is 17.1. The van der Waals surface area contributed by atoms with Crippen LogP contribution in [0, 0.1) is 5.41 Å². The van der Waals surface area contributed by atoms with Crippen molar-refractivity contribution >= 4 is 28.4 Å². The molecule has 0 aromatic heterocycles. The van der Waals surface area contributed by atoms with Crippen molar-refractivity contribution in [1.29, 1.82) is 0 Å². The second-order valence-corrected chi connectivity index (χ2v) is 10.1. The van der Waals surface area contributed by atoms with E-state index in [-0.39, 0.29) is 30.0 Å². The summed E-state index contributed by atoms with van der Waals surface area (Å²) in [5, 5.41) is 13.0. The van der Waals surface area contributed by atoms with E-state index in [1.165, 1.54) is 9.80 Å². The van der Waals surface area contributed by atoms with Gasteiger partial charge in [0.25, 0.3) is 0 Å². The van der Waals surface area contributed by atoms with Crippen molar-refractivity contribution in [3.05, 3.63) is 0 Å². The molecule has 3 rings (SSSR count). The van der Waals surface area contributed by atoms with E-state index in [0.717, 1.165) is 0 Å². The Balaban J connectivity index is 1.66. The molecule has 0 saturated carbocycles. The molecule has 3 aliphatic heterocycles. The van der Waals surface area contributed by atoms with Crippen molar-refractivity contribution in [2.24, 2.45) is 5.41 Å². The highest BCUT2D eigenvalue weighted by molar-refractivity contribution is 7.80. The Morgan fingerprint density at radius 3 is 2.43 bits per heavy atom. The zero-order valence-corrected chi connectivity index (χ0v) is 18.0. The Kier molecular flexibility index (Phi) is 5.91. The Hall–Kier alpha value is -2.12. The summed E-state index contributed by atoms with van der Waals surface area (Å²) in [6, 6.07) is -2.64. The van der Waals surface area contributed by atoms with Crippen molar-refractivity contribution < 1.29 is 36.7 Å². The molecule has 2 bridgehead atoms. The van der Waals surface area contributed by atoms with Gasteiger partial charge < -0.3 is 20.2 Å². The molecule has 4 atom stereocenters. The number of hydrogen-bond acceptors (Lipinski definition) is 6. The third-order valence-corrected chi connectivity index (χ3v) is 6.34. The van der Waals surface area contributed by atoms with Gasteiger partial charge in [-0.15, -0.1) is 4.28 Å². The van der Waals surface area contributed by atoms with Crippen LogP contribution in [0.15, 0.2) is 0 Å². The average molecular weight is 448 g/mol. The van der Waals surface area contributed by atoms with E-state index in [1.54, 1.807) is 0 Å². The maximum atomic E-state index is 12.9. The molecular formula is C17H28N4O8S. The van der Waals surface area contributed by atoms with Crippen LogP contribution in [0.3, 0.4) is 0 Å². The molecule has 2 unspecified atom stereocenters. The van der Waals surface area contributed by atoms with Crippen LogP contribution in [-0.2, 0) is 19.5 Å². The van der Waals surface area contributed by atoms with Crippen LogP contribution >= 0.6 is 0 Å². The number of urea groups is 1. The number of fused-ring (bicyclic) bond motifs is 2. The fraction of sp³-hybridized carbons (Fsp3) is 0.824. The minimum absolute atomic E-state index is 0.120. The highest BCUT2D eigenvalue weighted by Gasteiger charge is 2.50. The first-order valence-electron chi connectivity index (χ1n) is 9.84. The molecule has 0 aliphatic carbocycles. The van der Waals surface area contributed by atoms with Crippen LogP contribution in [0.1, 0.15) is 46.5 Å². The summed E-state index contributed by atoms with van der Waals surface area (Å²) < 4.78 is 35.2. The first-order chi connectivity index (χ1) is 13.8. The van der Waals surface area contributed by atoms with Gasteiger partial charge in [-0.2, -0.15) is 13.5 Å². The topological polar surface area (TPSA) is 157 Å². The number of amides is 4. The minimum atomic E-state index is -4.85. The fourth-order valence-corrected chi connectivity index (χ4v) is 4.94. The van der Waals surface area contributed by atoms with Crippen LogP contribution in [0.4, 0.5) is 9.59 Å². The van der Waals surface area contributed by atoms with Crippen molar-refractivity contribution in [3.63, 3.8) is 0 Å². The second-order valence-electron chi connectivity index (χ2n) is 9.10. The van der Waals surface area contributed by atoms with E-state index < -0.39 is 34.6 Å². The average Bonchev–Trinajstić information content (AvgIpc) is 2.84. The fourth-order valence-electron chi connectivity index (χ4n) is 4.55. The number of carbonyl (C=O) groups excluding carboxylic acids is 2. The van der Waals surface area contributed by atoms with Gasteiger partial charge in [0.1, 0.15) is 6.04 Å². The Morgan fingerprint density at radius 1 is 1.20 bits per heavy atom. The first kappa shape index (κ1) is 22.6. The highest BCUT2D eigenvalue weighted by atomic mass is 32.3. The maximum Gasteiger partial charge on any atom is 0.418 e. The summed E-state index contributed by atoms with van der Waals surface area (Å²) in [7, 11) is -4.85. The van der Waals surface area contributed by atoms with Gasteiger partial charge in [-0.25, -0.2) is 9.59 Å². The van der Waals surface area contributed by atoms with Gasteiger partial charge in [-0.3, -0.25) is 9.35 Å². The van der Waals surface area contributed by atoms with E-state index in [4.69, 9.17) is 4.55 Å². The van der Waals surface area contributed by atoms with Gasteiger partial charge in [0.05, 0.1) is 6.04 Å². The quantitative estimate of drug-likeness (QED) is 0.530. The van der Waals surface area contributed by atoms with Gasteiger partial charge in [0, 0.05) is 25.2 Å². The molecule has 12 nitrogen and oxygen atoms in total. The molecule has 0 spiro atoms. The summed E-state index contributed by atoms with van der Waals surface area (Å²) in [4.78, 5) is 39.6. The minimum Gasteiger partial charge on any atom is -0.465 e. The number of nitrogens with zero attached hydrogens (tertiary/aromatic N) is 3. The normalized spacial score (nSPS) is 29.9. The molecule has 3 aliphatic rings. The third kappa shape index (κ3) is 4.62. The molecule has 30 heavy (non-hydrogen) atoms. The highest BCUT2D eigenvalue weighted by Crippen LogP contribution is 2.33. The van der Waals surface area contributed by atoms with E-state index >= 15 is 0 Å². The van der Waals surface area contributed by atoms with Crippen molar-refractivity contribution in [1.82, 2.24) is 20.2 Å². The molecular weight excluding hydrogens is 420 g/mol. The standard InChI is InChI=1S/C17H28N4O8S/c1-17(2,3)13-8-10(6-7-19(13)16(24)25)18-14(22)12-5-4-11-9-20(12)15(23)21(11)29-30(26,27)28/h10-13H,4-9H2,1-3H3,(H,18,22)(H,24,25)(H,26,27,28)/t10?,11-,12+,13?/m1/s1. The number of piperidine rings is 2. The number of carbonyl (C=O) groups is 3. The van der Waals surface area contributed by atoms with Crippen LogP contribution in [0.2, 0.25) is 0 Å². The van der Waals surface area contributed by atoms with E-state index in [2.05, 4.69) is 9.60 Å². The second kappa shape index (κ2) is 7.85. The lowest BCUT2D eigenvalue weighted by Crippen LogP contribution is -2.58. The van der Waals surface area contributed by atoms with Crippen LogP contribution in [0.25, 0.3) is 0 Å². The molecule has 0 aromatic carbocycles. The monoisotopic (exact) mass is 448 g/mol. The van der Waals surface area contributed by atoms with E-state index in [1.807, 2.05) is 20.8 Å². The predicted molar refractivity (Wildman–Crippen MR) is 103 cm³/mol. The molecule has 170 valence electrons. The number of hydrogen-bond donors (Lipinski definition) is 3. The molecule has 3 heterocycles. The maximum absolute atomic E-state index is 12.9. The van der Waals surface area contributed by atoms with Gasteiger partial charge >= 0.3 is 22.5 Å². The SMILES string of the molecule is CC(C)(C)C1CC(NC(=O)[C@@H]2CC[C@@H]3CN2C(=O)N3OS(=O)(=O)O)CCN1C(=O)O. The van der Waals surface area contributed by atoms with Gasteiger partial charge in [0.15, 0.2) is 0 Å². The van der Waals surface area contributed by atoms with Crippen molar-refractivity contribution in [3.8, 4) is 0 Å². The van der Waals surface area contributed by atoms with Gasteiger partial charge in [0.2, 0.25) is 5.91 Å². The first-order valence-corrected chi connectivity index (χ1v) is 11.2. The van der Waals surface area contributed by atoms with Crippen molar-refractivity contribution in [2.45, 2.75) is 70.6 Å². The largest absolute Gasteiger partial charge is 0.465 e. The Labute approximate surface area is 175 Å². The molecule has 3 N–H and O–H groups in total. The number of carboxylic acid groups (broad SMARTS) is 1. The van der Waals surface area contributed by atoms with Gasteiger partial charge in [-0.1, -0.05) is 20.8 Å². The lowest BCUT2D eigenvalue weighted by Gasteiger charge is -2.45.